The fraction of sp³-hybridized carbons (Fsp3) is 0.917. The van der Waals surface area contributed by atoms with Crippen molar-refractivity contribution in [2.75, 3.05) is 33.4 Å². The van der Waals surface area contributed by atoms with Gasteiger partial charge in [0.05, 0.1) is 18.2 Å². The number of methoxy groups -OCH3 is 1. The Morgan fingerprint density at radius 3 is 3.18 bits per heavy atom. The van der Waals surface area contributed by atoms with Crippen molar-refractivity contribution in [1.82, 2.24) is 4.90 Å². The molecular formula is C12H21NO4. The molecule has 0 aromatic heterocycles. The number of likely N-dealkylation sites (tertiary alicyclic amines) is 1. The minimum atomic E-state index is -0.763. The maximum Gasteiger partial charge on any atom is 0.317 e. The lowest BCUT2D eigenvalue weighted by atomic mass is 9.84. The lowest BCUT2D eigenvalue weighted by molar-refractivity contribution is -0.158. The summed E-state index contributed by atoms with van der Waals surface area (Å²) < 4.78 is 11.4. The fourth-order valence-corrected chi connectivity index (χ4v) is 2.99. The summed E-state index contributed by atoms with van der Waals surface area (Å²) in [6, 6.07) is 0. The van der Waals surface area contributed by atoms with Gasteiger partial charge in [-0.15, -0.1) is 0 Å². The van der Waals surface area contributed by atoms with E-state index in [4.69, 9.17) is 14.6 Å². The molecule has 5 heteroatoms. The summed E-state index contributed by atoms with van der Waals surface area (Å²) in [6.45, 7) is 2.41. The van der Waals surface area contributed by atoms with Gasteiger partial charge in [-0.2, -0.15) is 0 Å². The van der Waals surface area contributed by atoms with E-state index >= 15 is 0 Å². The van der Waals surface area contributed by atoms with Crippen molar-refractivity contribution >= 4 is 5.97 Å². The van der Waals surface area contributed by atoms with Crippen molar-refractivity contribution < 1.29 is 19.4 Å². The van der Waals surface area contributed by atoms with Crippen LogP contribution in [0.1, 0.15) is 25.7 Å². The quantitative estimate of drug-likeness (QED) is 0.792. The third-order valence-corrected chi connectivity index (χ3v) is 3.76. The van der Waals surface area contributed by atoms with E-state index in [0.29, 0.717) is 0 Å². The Bertz CT molecular complexity index is 280. The van der Waals surface area contributed by atoms with E-state index in [9.17, 15) is 4.79 Å². The molecule has 2 atom stereocenters. The predicted octanol–water partition coefficient (Wildman–Crippen LogP) is 0.731. The molecule has 2 fully saturated rings. The Morgan fingerprint density at radius 1 is 1.65 bits per heavy atom. The van der Waals surface area contributed by atoms with Crippen molar-refractivity contribution in [1.29, 1.82) is 0 Å². The number of piperidine rings is 1. The molecule has 2 aliphatic rings. The molecule has 0 amide bonds. The summed E-state index contributed by atoms with van der Waals surface area (Å²) in [5, 5.41) is 8.84. The summed E-state index contributed by atoms with van der Waals surface area (Å²) in [5.41, 5.74) is -0.174. The van der Waals surface area contributed by atoms with Crippen molar-refractivity contribution in [2.24, 2.45) is 0 Å². The molecule has 5 nitrogen and oxygen atoms in total. The molecule has 0 saturated carbocycles. The minimum Gasteiger partial charge on any atom is -0.480 e. The highest BCUT2D eigenvalue weighted by Crippen LogP contribution is 2.34. The topological polar surface area (TPSA) is 59.0 Å². The molecule has 98 valence electrons. The highest BCUT2D eigenvalue weighted by Gasteiger charge is 2.41. The third-order valence-electron chi connectivity index (χ3n) is 3.76. The van der Waals surface area contributed by atoms with E-state index in [1.807, 2.05) is 4.90 Å². The van der Waals surface area contributed by atoms with E-state index in [2.05, 4.69) is 0 Å². The van der Waals surface area contributed by atoms with Gasteiger partial charge in [0.1, 0.15) is 0 Å². The average Bonchev–Trinajstić information content (AvgIpc) is 2.28. The molecule has 2 rings (SSSR count). The number of carboxylic acids is 1. The number of hydrogen-bond acceptors (Lipinski definition) is 4. The first-order valence-electron chi connectivity index (χ1n) is 6.24. The largest absolute Gasteiger partial charge is 0.480 e. The van der Waals surface area contributed by atoms with E-state index < -0.39 is 5.97 Å². The average molecular weight is 243 g/mol. The molecule has 0 unspecified atom stereocenters. The van der Waals surface area contributed by atoms with Crippen molar-refractivity contribution in [3.05, 3.63) is 0 Å². The molecule has 17 heavy (non-hydrogen) atoms. The van der Waals surface area contributed by atoms with E-state index in [0.717, 1.165) is 45.4 Å². The zero-order chi connectivity index (χ0) is 12.3. The molecule has 2 saturated heterocycles. The summed E-state index contributed by atoms with van der Waals surface area (Å²) in [4.78, 5) is 12.7. The van der Waals surface area contributed by atoms with Crippen LogP contribution in [0.3, 0.4) is 0 Å². The van der Waals surface area contributed by atoms with Crippen molar-refractivity contribution in [3.63, 3.8) is 0 Å². The second-order valence-corrected chi connectivity index (χ2v) is 5.09. The fourth-order valence-electron chi connectivity index (χ4n) is 2.99. The molecule has 2 heterocycles. The summed E-state index contributed by atoms with van der Waals surface area (Å²) >= 11 is 0. The Kier molecular flexibility index (Phi) is 4.01. The lowest BCUT2D eigenvalue weighted by Gasteiger charge is -2.46. The maximum absolute atomic E-state index is 10.8. The summed E-state index contributed by atoms with van der Waals surface area (Å²) in [6.07, 6.45) is 4.11. The number of nitrogens with zero attached hydrogens (tertiary/aromatic N) is 1. The number of carboxylic acid groups (broad SMARTS) is 1. The van der Waals surface area contributed by atoms with Crippen LogP contribution in [0.25, 0.3) is 0 Å². The standard InChI is InChI=1S/C12H21NO4/c1-16-10-3-6-17-12(7-10)4-2-5-13(9-12)8-11(14)15/h10H,2-9H2,1H3,(H,14,15)/t10-,12+/m0/s1. The first-order valence-corrected chi connectivity index (χ1v) is 6.24. The van der Waals surface area contributed by atoms with Gasteiger partial charge in [0, 0.05) is 26.7 Å². The summed E-state index contributed by atoms with van der Waals surface area (Å²) in [5.74, 6) is -0.763. The van der Waals surface area contributed by atoms with Gasteiger partial charge in [0.25, 0.3) is 0 Å². The minimum absolute atomic E-state index is 0.114. The molecule has 2 aliphatic heterocycles. The highest BCUT2D eigenvalue weighted by atomic mass is 16.5. The second kappa shape index (κ2) is 5.33. The van der Waals surface area contributed by atoms with Gasteiger partial charge in [-0.25, -0.2) is 0 Å². The zero-order valence-electron chi connectivity index (χ0n) is 10.4. The van der Waals surface area contributed by atoms with Crippen LogP contribution in [0.4, 0.5) is 0 Å². The first kappa shape index (κ1) is 12.8. The van der Waals surface area contributed by atoms with Crippen LogP contribution >= 0.6 is 0 Å². The van der Waals surface area contributed by atoms with E-state index in [1.165, 1.54) is 0 Å². The van der Waals surface area contributed by atoms with Crippen LogP contribution in [0.2, 0.25) is 0 Å². The lowest BCUT2D eigenvalue weighted by Crippen LogP contribution is -2.54. The number of hydrogen-bond donors (Lipinski definition) is 1. The van der Waals surface area contributed by atoms with Gasteiger partial charge < -0.3 is 14.6 Å². The van der Waals surface area contributed by atoms with Crippen LogP contribution in [0, 0.1) is 0 Å². The Morgan fingerprint density at radius 2 is 2.47 bits per heavy atom. The van der Waals surface area contributed by atoms with Gasteiger partial charge in [-0.05, 0) is 25.8 Å². The molecule has 0 radical (unpaired) electrons. The molecule has 1 spiro atoms. The van der Waals surface area contributed by atoms with Gasteiger partial charge in [0.2, 0.25) is 0 Å². The van der Waals surface area contributed by atoms with Crippen LogP contribution < -0.4 is 0 Å². The number of rotatable bonds is 3. The van der Waals surface area contributed by atoms with E-state index in [1.54, 1.807) is 7.11 Å². The molecule has 0 aliphatic carbocycles. The molecule has 0 aromatic carbocycles. The van der Waals surface area contributed by atoms with Crippen LogP contribution in [-0.4, -0.2) is 61.0 Å². The van der Waals surface area contributed by atoms with Gasteiger partial charge in [-0.1, -0.05) is 0 Å². The number of carbonyl (C=O) groups is 1. The van der Waals surface area contributed by atoms with Crippen molar-refractivity contribution in [2.45, 2.75) is 37.4 Å². The number of aliphatic carboxylic acids is 1. The maximum atomic E-state index is 10.8. The molecule has 0 bridgehead atoms. The second-order valence-electron chi connectivity index (χ2n) is 5.09. The first-order chi connectivity index (χ1) is 8.13. The van der Waals surface area contributed by atoms with E-state index in [-0.39, 0.29) is 18.2 Å². The van der Waals surface area contributed by atoms with Gasteiger partial charge in [0.15, 0.2) is 0 Å². The smallest absolute Gasteiger partial charge is 0.317 e. The van der Waals surface area contributed by atoms with Gasteiger partial charge in [-0.3, -0.25) is 9.69 Å². The Labute approximate surface area is 102 Å². The third kappa shape index (κ3) is 3.18. The van der Waals surface area contributed by atoms with Crippen LogP contribution in [0.15, 0.2) is 0 Å². The zero-order valence-corrected chi connectivity index (χ0v) is 10.4. The summed E-state index contributed by atoms with van der Waals surface area (Å²) in [7, 11) is 1.74. The SMILES string of the molecule is CO[C@H]1CCO[C@]2(CCCN(CC(=O)O)C2)C1. The molecule has 1 N–H and O–H groups in total. The normalized spacial score (nSPS) is 35.0. The monoisotopic (exact) mass is 243 g/mol. The Balaban J connectivity index is 1.96. The van der Waals surface area contributed by atoms with Crippen LogP contribution in [-0.2, 0) is 14.3 Å². The highest BCUT2D eigenvalue weighted by molar-refractivity contribution is 5.69. The van der Waals surface area contributed by atoms with Crippen LogP contribution in [0.5, 0.6) is 0 Å². The predicted molar refractivity (Wildman–Crippen MR) is 62.0 cm³/mol. The molecule has 0 aromatic rings. The van der Waals surface area contributed by atoms with Crippen molar-refractivity contribution in [3.8, 4) is 0 Å². The van der Waals surface area contributed by atoms with Gasteiger partial charge >= 0.3 is 5.97 Å². The molecular weight excluding hydrogens is 222 g/mol. The Hall–Kier alpha value is -0.650. The number of ether oxygens (including phenoxy) is 2.